The number of carboxylic acid groups (broad SMARTS) is 1. The molecule has 0 spiro atoms. The highest BCUT2D eigenvalue weighted by molar-refractivity contribution is 5.88. The van der Waals surface area contributed by atoms with Gasteiger partial charge in [-0.05, 0) is 73.5 Å². The Morgan fingerprint density at radius 2 is 1.63 bits per heavy atom. The van der Waals surface area contributed by atoms with E-state index in [4.69, 9.17) is 9.84 Å². The van der Waals surface area contributed by atoms with Crippen LogP contribution in [0.4, 0.5) is 0 Å². The van der Waals surface area contributed by atoms with Gasteiger partial charge in [-0.25, -0.2) is 9.78 Å². The first-order valence-corrected chi connectivity index (χ1v) is 9.75. The van der Waals surface area contributed by atoms with Crippen LogP contribution < -0.4 is 4.74 Å². The molecule has 0 amide bonds. The van der Waals surface area contributed by atoms with Gasteiger partial charge in [0.25, 0.3) is 0 Å². The van der Waals surface area contributed by atoms with E-state index in [1.165, 1.54) is 0 Å². The fourth-order valence-corrected chi connectivity index (χ4v) is 3.23. The molecule has 3 aromatic carbocycles. The first kappa shape index (κ1) is 19.5. The summed E-state index contributed by atoms with van der Waals surface area (Å²) in [6.45, 7) is 4.02. The van der Waals surface area contributed by atoms with Crippen molar-refractivity contribution in [2.45, 2.75) is 20.0 Å². The quantitative estimate of drug-likeness (QED) is 0.424. The number of nitrogens with zero attached hydrogens (tertiary/aromatic N) is 2. The van der Waals surface area contributed by atoms with Crippen molar-refractivity contribution >= 4 is 29.2 Å². The number of carboxylic acids is 1. The number of imidazole rings is 1. The van der Waals surface area contributed by atoms with Gasteiger partial charge in [0.2, 0.25) is 0 Å². The Kier molecular flexibility index (Phi) is 5.35. The lowest BCUT2D eigenvalue weighted by Gasteiger charge is -2.10. The van der Waals surface area contributed by atoms with Gasteiger partial charge in [-0.2, -0.15) is 0 Å². The molecule has 0 atom stereocenters. The van der Waals surface area contributed by atoms with Gasteiger partial charge in [0, 0.05) is 5.69 Å². The highest BCUT2D eigenvalue weighted by Crippen LogP contribution is 2.23. The molecule has 5 nitrogen and oxygen atoms in total. The molecule has 0 bridgehead atoms. The fraction of sp³-hybridized carbons (Fsp3) is 0.120. The Bertz CT molecular complexity index is 1200. The van der Waals surface area contributed by atoms with Crippen molar-refractivity contribution in [1.82, 2.24) is 9.55 Å². The lowest BCUT2D eigenvalue weighted by Crippen LogP contribution is -2.05. The van der Waals surface area contributed by atoms with E-state index < -0.39 is 5.97 Å². The minimum absolute atomic E-state index is 0.145. The monoisotopic (exact) mass is 398 g/mol. The molecule has 1 heterocycles. The molecule has 0 saturated heterocycles. The molecule has 0 fully saturated rings. The van der Waals surface area contributed by atoms with Crippen LogP contribution in [-0.4, -0.2) is 26.7 Å². The highest BCUT2D eigenvalue weighted by atomic mass is 16.5. The maximum absolute atomic E-state index is 10.9. The minimum Gasteiger partial charge on any atom is -0.491 e. The van der Waals surface area contributed by atoms with E-state index in [9.17, 15) is 4.79 Å². The summed E-state index contributed by atoms with van der Waals surface area (Å²) >= 11 is 0. The van der Waals surface area contributed by atoms with Crippen LogP contribution in [0.2, 0.25) is 0 Å². The molecule has 0 aliphatic rings. The van der Waals surface area contributed by atoms with Crippen LogP contribution in [0.25, 0.3) is 28.9 Å². The van der Waals surface area contributed by atoms with Gasteiger partial charge in [-0.15, -0.1) is 0 Å². The topological polar surface area (TPSA) is 64.4 Å². The van der Waals surface area contributed by atoms with Crippen LogP contribution in [0.15, 0.2) is 73.1 Å². The Hall–Kier alpha value is -3.86. The number of benzene rings is 3. The van der Waals surface area contributed by atoms with Gasteiger partial charge in [-0.1, -0.05) is 30.4 Å². The van der Waals surface area contributed by atoms with Crippen molar-refractivity contribution in [1.29, 1.82) is 0 Å². The third-order valence-electron chi connectivity index (χ3n) is 4.68. The third-order valence-corrected chi connectivity index (χ3v) is 4.68. The zero-order valence-electron chi connectivity index (χ0n) is 16.8. The molecular weight excluding hydrogens is 376 g/mol. The standard InChI is InChI=1S/C25H22N2O3/c1-17(2)30-22-12-10-21(11-13-22)27-16-26-23-15-19(7-14-24(23)27)4-3-18-5-8-20(9-6-18)25(28)29/h3-17H,1-2H3,(H,28,29). The third kappa shape index (κ3) is 4.25. The molecule has 0 radical (unpaired) electrons. The average Bonchev–Trinajstić information content (AvgIpc) is 3.16. The summed E-state index contributed by atoms with van der Waals surface area (Å²) < 4.78 is 7.76. The lowest BCUT2D eigenvalue weighted by molar-refractivity contribution is 0.0697. The second-order valence-corrected chi connectivity index (χ2v) is 7.28. The van der Waals surface area contributed by atoms with Gasteiger partial charge >= 0.3 is 5.97 Å². The van der Waals surface area contributed by atoms with E-state index >= 15 is 0 Å². The maximum Gasteiger partial charge on any atom is 0.335 e. The molecule has 0 aliphatic heterocycles. The van der Waals surface area contributed by atoms with Crippen molar-refractivity contribution in [3.05, 3.63) is 89.7 Å². The molecule has 4 aromatic rings. The first-order chi connectivity index (χ1) is 14.5. The molecule has 0 unspecified atom stereocenters. The van der Waals surface area contributed by atoms with Crippen LogP contribution in [-0.2, 0) is 0 Å². The summed E-state index contributed by atoms with van der Waals surface area (Å²) in [5.41, 5.74) is 5.19. The minimum atomic E-state index is -0.923. The molecule has 1 N–H and O–H groups in total. The summed E-state index contributed by atoms with van der Waals surface area (Å²) in [5, 5.41) is 8.98. The van der Waals surface area contributed by atoms with E-state index in [1.54, 1.807) is 24.3 Å². The molecule has 0 saturated carbocycles. The summed E-state index contributed by atoms with van der Waals surface area (Å²) in [7, 11) is 0. The Labute approximate surface area is 174 Å². The SMILES string of the molecule is CC(C)Oc1ccc(-n2cnc3cc(C=Cc4ccc(C(=O)O)cc4)ccc32)cc1. The van der Waals surface area contributed by atoms with E-state index in [0.717, 1.165) is 33.6 Å². The fourth-order valence-electron chi connectivity index (χ4n) is 3.23. The Balaban J connectivity index is 1.55. The predicted molar refractivity (Wildman–Crippen MR) is 119 cm³/mol. The number of carbonyl (C=O) groups is 1. The van der Waals surface area contributed by atoms with Crippen molar-refractivity contribution in [2.24, 2.45) is 0 Å². The van der Waals surface area contributed by atoms with Crippen LogP contribution in [0.3, 0.4) is 0 Å². The predicted octanol–water partition coefficient (Wildman–Crippen LogP) is 5.68. The summed E-state index contributed by atoms with van der Waals surface area (Å²) in [6, 6.07) is 20.9. The van der Waals surface area contributed by atoms with Crippen LogP contribution in [0.1, 0.15) is 35.3 Å². The smallest absolute Gasteiger partial charge is 0.335 e. The summed E-state index contributed by atoms with van der Waals surface area (Å²) in [4.78, 5) is 15.5. The molecular formula is C25H22N2O3. The number of rotatable bonds is 6. The molecule has 5 heteroatoms. The van der Waals surface area contributed by atoms with Crippen LogP contribution in [0, 0.1) is 0 Å². The Morgan fingerprint density at radius 1 is 0.967 bits per heavy atom. The van der Waals surface area contributed by atoms with Crippen molar-refractivity contribution < 1.29 is 14.6 Å². The zero-order valence-corrected chi connectivity index (χ0v) is 16.8. The van der Waals surface area contributed by atoms with Gasteiger partial charge in [0.05, 0.1) is 22.7 Å². The number of aromatic carboxylic acids is 1. The van der Waals surface area contributed by atoms with Gasteiger partial charge in [-0.3, -0.25) is 4.57 Å². The molecule has 1 aromatic heterocycles. The molecule has 4 rings (SSSR count). The molecule has 150 valence electrons. The lowest BCUT2D eigenvalue weighted by atomic mass is 10.1. The van der Waals surface area contributed by atoms with Crippen LogP contribution in [0.5, 0.6) is 5.75 Å². The highest BCUT2D eigenvalue weighted by Gasteiger charge is 2.06. The van der Waals surface area contributed by atoms with Crippen molar-refractivity contribution in [3.8, 4) is 11.4 Å². The number of hydrogen-bond donors (Lipinski definition) is 1. The summed E-state index contributed by atoms with van der Waals surface area (Å²) in [6.07, 6.45) is 5.91. The number of aromatic nitrogens is 2. The van der Waals surface area contributed by atoms with Crippen LogP contribution >= 0.6 is 0 Å². The van der Waals surface area contributed by atoms with Gasteiger partial charge in [0.15, 0.2) is 0 Å². The Morgan fingerprint density at radius 3 is 2.30 bits per heavy atom. The zero-order chi connectivity index (χ0) is 21.1. The average molecular weight is 398 g/mol. The normalized spacial score (nSPS) is 11.4. The number of ether oxygens (including phenoxy) is 1. The van der Waals surface area contributed by atoms with Gasteiger partial charge < -0.3 is 9.84 Å². The van der Waals surface area contributed by atoms with Gasteiger partial charge in [0.1, 0.15) is 12.1 Å². The molecule has 0 aliphatic carbocycles. The number of hydrogen-bond acceptors (Lipinski definition) is 3. The summed E-state index contributed by atoms with van der Waals surface area (Å²) in [5.74, 6) is -0.0735. The van der Waals surface area contributed by atoms with E-state index in [1.807, 2.05) is 79.4 Å². The number of fused-ring (bicyclic) bond motifs is 1. The van der Waals surface area contributed by atoms with E-state index in [0.29, 0.717) is 0 Å². The molecule has 30 heavy (non-hydrogen) atoms. The van der Waals surface area contributed by atoms with Crippen molar-refractivity contribution in [2.75, 3.05) is 0 Å². The largest absolute Gasteiger partial charge is 0.491 e. The van der Waals surface area contributed by atoms with Crippen molar-refractivity contribution in [3.63, 3.8) is 0 Å². The van der Waals surface area contributed by atoms with E-state index in [2.05, 4.69) is 4.98 Å². The maximum atomic E-state index is 10.9. The second-order valence-electron chi connectivity index (χ2n) is 7.28. The second kappa shape index (κ2) is 8.25. The first-order valence-electron chi connectivity index (χ1n) is 9.75. The van der Waals surface area contributed by atoms with E-state index in [-0.39, 0.29) is 11.7 Å².